The van der Waals surface area contributed by atoms with Gasteiger partial charge in [0.25, 0.3) is 0 Å². The van der Waals surface area contributed by atoms with E-state index in [2.05, 4.69) is 10.6 Å². The molecular weight excluding hydrogens is 292 g/mol. The van der Waals surface area contributed by atoms with E-state index in [1.165, 1.54) is 0 Å². The molecule has 6 heteroatoms. The maximum Gasteiger partial charge on any atom is 0.237 e. The average Bonchev–Trinajstić information content (AvgIpc) is 2.85. The Morgan fingerprint density at radius 1 is 1.52 bits per heavy atom. The van der Waals surface area contributed by atoms with Gasteiger partial charge in [-0.25, -0.2) is 0 Å². The zero-order chi connectivity index (χ0) is 14.7. The van der Waals surface area contributed by atoms with Crippen LogP contribution in [0.15, 0.2) is 18.2 Å². The number of nitrogens with one attached hydrogen (secondary N) is 2. The molecule has 5 nitrogen and oxygen atoms in total. The standard InChI is InChI=1S/C15H22N2O3.ClH/c1-9-4-5-14(20-3)12(6-9)10(2)17-15(19)13-7-11(18)8-16-13;/h4-6,10-11,13,16,18H,7-8H2,1-3H3,(H,17,19);1H. The lowest BCUT2D eigenvalue weighted by atomic mass is 10.0. The monoisotopic (exact) mass is 314 g/mol. The number of aryl methyl sites for hydroxylation is 1. The Hall–Kier alpha value is -1.30. The number of aliphatic hydroxyl groups excluding tert-OH is 1. The Labute approximate surface area is 131 Å². The van der Waals surface area contributed by atoms with E-state index in [1.54, 1.807) is 7.11 Å². The largest absolute Gasteiger partial charge is 0.496 e. The number of halogens is 1. The minimum Gasteiger partial charge on any atom is -0.496 e. The highest BCUT2D eigenvalue weighted by atomic mass is 35.5. The molecule has 1 aliphatic rings. The van der Waals surface area contributed by atoms with Crippen molar-refractivity contribution in [3.8, 4) is 5.75 Å². The van der Waals surface area contributed by atoms with Gasteiger partial charge < -0.3 is 20.5 Å². The van der Waals surface area contributed by atoms with Gasteiger partial charge in [0.2, 0.25) is 5.91 Å². The lowest BCUT2D eigenvalue weighted by Crippen LogP contribution is -2.41. The van der Waals surface area contributed by atoms with Crippen LogP contribution in [0, 0.1) is 6.92 Å². The Bertz CT molecular complexity index is 496. The minimum atomic E-state index is -0.436. The molecule has 1 aromatic rings. The van der Waals surface area contributed by atoms with E-state index in [4.69, 9.17) is 4.74 Å². The predicted octanol–water partition coefficient (Wildman–Crippen LogP) is 1.33. The molecule has 0 aliphatic carbocycles. The number of rotatable bonds is 4. The van der Waals surface area contributed by atoms with Gasteiger partial charge in [0.15, 0.2) is 0 Å². The number of methoxy groups -OCH3 is 1. The molecule has 1 heterocycles. The first-order chi connectivity index (χ1) is 9.51. The van der Waals surface area contributed by atoms with Crippen LogP contribution < -0.4 is 15.4 Å². The van der Waals surface area contributed by atoms with Gasteiger partial charge in [0, 0.05) is 12.1 Å². The molecule has 0 bridgehead atoms. The van der Waals surface area contributed by atoms with E-state index >= 15 is 0 Å². The lowest BCUT2D eigenvalue weighted by Gasteiger charge is -2.20. The summed E-state index contributed by atoms with van der Waals surface area (Å²) in [6.45, 7) is 4.41. The van der Waals surface area contributed by atoms with Crippen LogP contribution in [0.3, 0.4) is 0 Å². The molecule has 3 atom stereocenters. The molecule has 1 aromatic carbocycles. The molecule has 3 unspecified atom stereocenters. The molecule has 1 amide bonds. The van der Waals surface area contributed by atoms with Gasteiger partial charge in [0.05, 0.1) is 25.3 Å². The maximum atomic E-state index is 12.1. The fourth-order valence-corrected chi connectivity index (χ4v) is 2.50. The third-order valence-electron chi connectivity index (χ3n) is 3.63. The van der Waals surface area contributed by atoms with Crippen molar-refractivity contribution in [2.24, 2.45) is 0 Å². The first-order valence-corrected chi connectivity index (χ1v) is 6.87. The number of aliphatic hydroxyl groups is 1. The summed E-state index contributed by atoms with van der Waals surface area (Å²) < 4.78 is 5.34. The van der Waals surface area contributed by atoms with E-state index in [1.807, 2.05) is 32.0 Å². The van der Waals surface area contributed by atoms with Crippen molar-refractivity contribution in [3.63, 3.8) is 0 Å². The zero-order valence-corrected chi connectivity index (χ0v) is 13.4. The lowest BCUT2D eigenvalue weighted by molar-refractivity contribution is -0.123. The second-order valence-corrected chi connectivity index (χ2v) is 5.33. The van der Waals surface area contributed by atoms with Gasteiger partial charge in [-0.1, -0.05) is 17.7 Å². The van der Waals surface area contributed by atoms with E-state index in [9.17, 15) is 9.90 Å². The summed E-state index contributed by atoms with van der Waals surface area (Å²) in [5.41, 5.74) is 2.08. The van der Waals surface area contributed by atoms with Crippen LogP contribution in [0.5, 0.6) is 5.75 Å². The van der Waals surface area contributed by atoms with Gasteiger partial charge in [-0.15, -0.1) is 12.4 Å². The van der Waals surface area contributed by atoms with Crippen molar-refractivity contribution in [3.05, 3.63) is 29.3 Å². The molecule has 0 radical (unpaired) electrons. The van der Waals surface area contributed by atoms with Gasteiger partial charge >= 0.3 is 0 Å². The molecule has 1 saturated heterocycles. The molecule has 0 saturated carbocycles. The van der Waals surface area contributed by atoms with Gasteiger partial charge in [0.1, 0.15) is 5.75 Å². The number of hydrogen-bond acceptors (Lipinski definition) is 4. The summed E-state index contributed by atoms with van der Waals surface area (Å²) >= 11 is 0. The van der Waals surface area contributed by atoms with Crippen LogP contribution in [-0.2, 0) is 4.79 Å². The summed E-state index contributed by atoms with van der Waals surface area (Å²) in [6.07, 6.45) is 0.0262. The van der Waals surface area contributed by atoms with Crippen molar-refractivity contribution < 1.29 is 14.6 Å². The first-order valence-electron chi connectivity index (χ1n) is 6.87. The average molecular weight is 315 g/mol. The molecule has 118 valence electrons. The quantitative estimate of drug-likeness (QED) is 0.784. The number of ether oxygens (including phenoxy) is 1. The molecule has 0 spiro atoms. The molecule has 1 aliphatic heterocycles. The topological polar surface area (TPSA) is 70.6 Å². The van der Waals surface area contributed by atoms with Crippen LogP contribution in [0.25, 0.3) is 0 Å². The fourth-order valence-electron chi connectivity index (χ4n) is 2.50. The number of carbonyl (C=O) groups excluding carboxylic acids is 1. The maximum absolute atomic E-state index is 12.1. The molecule has 3 N–H and O–H groups in total. The van der Waals surface area contributed by atoms with Crippen LogP contribution in [0.1, 0.15) is 30.5 Å². The van der Waals surface area contributed by atoms with Crippen molar-refractivity contribution in [1.82, 2.24) is 10.6 Å². The Morgan fingerprint density at radius 2 is 2.24 bits per heavy atom. The van der Waals surface area contributed by atoms with Crippen LogP contribution in [0.4, 0.5) is 0 Å². The molecule has 0 aromatic heterocycles. The number of hydrogen-bond donors (Lipinski definition) is 3. The van der Waals surface area contributed by atoms with Crippen LogP contribution >= 0.6 is 12.4 Å². The van der Waals surface area contributed by atoms with E-state index in [0.29, 0.717) is 13.0 Å². The number of amides is 1. The third kappa shape index (κ3) is 4.33. The highest BCUT2D eigenvalue weighted by Gasteiger charge is 2.29. The summed E-state index contributed by atoms with van der Waals surface area (Å²) in [7, 11) is 1.62. The summed E-state index contributed by atoms with van der Waals surface area (Å²) in [6, 6.07) is 5.44. The molecular formula is C15H23ClN2O3. The highest BCUT2D eigenvalue weighted by Crippen LogP contribution is 2.26. The SMILES string of the molecule is COc1ccc(C)cc1C(C)NC(=O)C1CC(O)CN1.Cl. The first kappa shape index (κ1) is 17.8. The number of carbonyl (C=O) groups is 1. The minimum absolute atomic E-state index is 0. The smallest absolute Gasteiger partial charge is 0.237 e. The van der Waals surface area contributed by atoms with E-state index in [-0.39, 0.29) is 30.4 Å². The summed E-state index contributed by atoms with van der Waals surface area (Å²) in [5, 5.41) is 15.4. The van der Waals surface area contributed by atoms with Crippen molar-refractivity contribution in [2.45, 2.75) is 38.5 Å². The van der Waals surface area contributed by atoms with Gasteiger partial charge in [-0.2, -0.15) is 0 Å². The molecule has 21 heavy (non-hydrogen) atoms. The van der Waals surface area contributed by atoms with Crippen LogP contribution in [-0.4, -0.2) is 36.8 Å². The second-order valence-electron chi connectivity index (χ2n) is 5.33. The van der Waals surface area contributed by atoms with Crippen molar-refractivity contribution in [1.29, 1.82) is 0 Å². The summed E-state index contributed by atoms with van der Waals surface area (Å²) in [5.74, 6) is 0.681. The summed E-state index contributed by atoms with van der Waals surface area (Å²) in [4.78, 5) is 12.1. The normalized spacial score (nSPS) is 22.3. The van der Waals surface area contributed by atoms with Gasteiger partial charge in [-0.05, 0) is 26.3 Å². The van der Waals surface area contributed by atoms with Crippen molar-refractivity contribution >= 4 is 18.3 Å². The van der Waals surface area contributed by atoms with E-state index in [0.717, 1.165) is 16.9 Å². The Morgan fingerprint density at radius 3 is 2.81 bits per heavy atom. The highest BCUT2D eigenvalue weighted by molar-refractivity contribution is 5.85. The fraction of sp³-hybridized carbons (Fsp3) is 0.533. The third-order valence-corrected chi connectivity index (χ3v) is 3.63. The zero-order valence-electron chi connectivity index (χ0n) is 12.6. The molecule has 1 fully saturated rings. The van der Waals surface area contributed by atoms with Gasteiger partial charge in [-0.3, -0.25) is 4.79 Å². The molecule has 2 rings (SSSR count). The van der Waals surface area contributed by atoms with Crippen LogP contribution in [0.2, 0.25) is 0 Å². The van der Waals surface area contributed by atoms with E-state index < -0.39 is 6.10 Å². The number of β-amino-alcohol motifs (C(OH)–C–C–N with tert-alkyl or cyclic N) is 1. The predicted molar refractivity (Wildman–Crippen MR) is 84.0 cm³/mol. The van der Waals surface area contributed by atoms with Crippen molar-refractivity contribution in [2.75, 3.05) is 13.7 Å². The Balaban J connectivity index is 0.00000220. The Kier molecular flexibility index (Phi) is 6.45. The second kappa shape index (κ2) is 7.64. The number of benzene rings is 1.